The van der Waals surface area contributed by atoms with Crippen LogP contribution in [0.5, 0.6) is 0 Å². The van der Waals surface area contributed by atoms with Gasteiger partial charge in [0.05, 0.1) is 25.0 Å². The predicted octanol–water partition coefficient (Wildman–Crippen LogP) is 4.34. The van der Waals surface area contributed by atoms with Gasteiger partial charge in [-0.3, -0.25) is 0 Å². The van der Waals surface area contributed by atoms with Crippen LogP contribution in [0.25, 0.3) is 0 Å². The SMILES string of the molecule is CC(C)c1csc(CNC(=NCc2ccccc2)NCCc2ccco2)n1. The first-order valence-corrected chi connectivity index (χ1v) is 10.1. The molecule has 0 atom stereocenters. The molecule has 0 aliphatic carbocycles. The van der Waals surface area contributed by atoms with Gasteiger partial charge < -0.3 is 15.1 Å². The summed E-state index contributed by atoms with van der Waals surface area (Å²) in [6.45, 7) is 6.37. The molecule has 0 saturated heterocycles. The molecule has 2 heterocycles. The topological polar surface area (TPSA) is 62.5 Å². The molecule has 0 saturated carbocycles. The lowest BCUT2D eigenvalue weighted by atomic mass is 10.2. The van der Waals surface area contributed by atoms with E-state index in [2.05, 4.69) is 47.0 Å². The smallest absolute Gasteiger partial charge is 0.191 e. The maximum absolute atomic E-state index is 5.39. The highest BCUT2D eigenvalue weighted by Crippen LogP contribution is 2.17. The third-order valence-electron chi connectivity index (χ3n) is 4.07. The van der Waals surface area contributed by atoms with E-state index in [4.69, 9.17) is 9.41 Å². The van der Waals surface area contributed by atoms with Gasteiger partial charge >= 0.3 is 0 Å². The number of benzene rings is 1. The quantitative estimate of drug-likeness (QED) is 0.449. The van der Waals surface area contributed by atoms with E-state index in [0.29, 0.717) is 19.0 Å². The van der Waals surface area contributed by atoms with Crippen molar-refractivity contribution in [1.29, 1.82) is 0 Å². The van der Waals surface area contributed by atoms with Crippen molar-refractivity contribution in [2.75, 3.05) is 6.54 Å². The fraction of sp³-hybridized carbons (Fsp3) is 0.333. The van der Waals surface area contributed by atoms with Gasteiger partial charge in [0.2, 0.25) is 0 Å². The summed E-state index contributed by atoms with van der Waals surface area (Å²) in [5.74, 6) is 2.20. The van der Waals surface area contributed by atoms with Gasteiger partial charge in [-0.2, -0.15) is 0 Å². The largest absolute Gasteiger partial charge is 0.469 e. The molecular formula is C21H26N4OS. The molecule has 1 aromatic carbocycles. The highest BCUT2D eigenvalue weighted by atomic mass is 32.1. The molecule has 0 fully saturated rings. The zero-order chi connectivity index (χ0) is 18.9. The molecule has 0 spiro atoms. The van der Waals surface area contributed by atoms with Crippen molar-refractivity contribution in [1.82, 2.24) is 15.6 Å². The van der Waals surface area contributed by atoms with Gasteiger partial charge in [-0.15, -0.1) is 11.3 Å². The van der Waals surface area contributed by atoms with E-state index in [0.717, 1.165) is 35.4 Å². The van der Waals surface area contributed by atoms with Crippen LogP contribution in [0, 0.1) is 0 Å². The van der Waals surface area contributed by atoms with Crippen molar-refractivity contribution in [3.05, 3.63) is 76.1 Å². The second kappa shape index (κ2) is 9.92. The molecule has 142 valence electrons. The van der Waals surface area contributed by atoms with Crippen molar-refractivity contribution in [3.8, 4) is 0 Å². The Bertz CT molecular complexity index is 825. The van der Waals surface area contributed by atoms with Crippen molar-refractivity contribution in [2.24, 2.45) is 4.99 Å². The average Bonchev–Trinajstić information content (AvgIpc) is 3.36. The summed E-state index contributed by atoms with van der Waals surface area (Å²) in [6, 6.07) is 14.1. The molecule has 0 aliphatic heterocycles. The lowest BCUT2D eigenvalue weighted by Crippen LogP contribution is -2.38. The molecule has 0 radical (unpaired) electrons. The lowest BCUT2D eigenvalue weighted by molar-refractivity contribution is 0.506. The zero-order valence-electron chi connectivity index (χ0n) is 15.8. The number of rotatable bonds is 8. The number of hydrogen-bond donors (Lipinski definition) is 2. The molecule has 3 rings (SSSR count). The Morgan fingerprint density at radius 1 is 1.15 bits per heavy atom. The molecule has 0 bridgehead atoms. The highest BCUT2D eigenvalue weighted by molar-refractivity contribution is 7.09. The Balaban J connectivity index is 1.58. The van der Waals surface area contributed by atoms with Crippen molar-refractivity contribution in [2.45, 2.75) is 39.3 Å². The molecule has 0 aliphatic rings. The fourth-order valence-electron chi connectivity index (χ4n) is 2.52. The van der Waals surface area contributed by atoms with Crippen LogP contribution in [-0.2, 0) is 19.5 Å². The van der Waals surface area contributed by atoms with E-state index in [1.54, 1.807) is 17.6 Å². The number of hydrogen-bond acceptors (Lipinski definition) is 4. The first kappa shape index (κ1) is 19.2. The van der Waals surface area contributed by atoms with Gasteiger partial charge in [0.1, 0.15) is 10.8 Å². The zero-order valence-corrected chi connectivity index (χ0v) is 16.6. The van der Waals surface area contributed by atoms with E-state index < -0.39 is 0 Å². The lowest BCUT2D eigenvalue weighted by Gasteiger charge is -2.11. The summed E-state index contributed by atoms with van der Waals surface area (Å²) in [4.78, 5) is 9.39. The van der Waals surface area contributed by atoms with Crippen molar-refractivity contribution in [3.63, 3.8) is 0 Å². The molecule has 27 heavy (non-hydrogen) atoms. The van der Waals surface area contributed by atoms with E-state index in [9.17, 15) is 0 Å². The predicted molar refractivity (Wildman–Crippen MR) is 111 cm³/mol. The van der Waals surface area contributed by atoms with Crippen LogP contribution in [0.2, 0.25) is 0 Å². The minimum Gasteiger partial charge on any atom is -0.469 e. The molecule has 0 unspecified atom stereocenters. The first-order valence-electron chi connectivity index (χ1n) is 9.23. The summed E-state index contributed by atoms with van der Waals surface area (Å²) in [7, 11) is 0. The monoisotopic (exact) mass is 382 g/mol. The van der Waals surface area contributed by atoms with Crippen LogP contribution >= 0.6 is 11.3 Å². The maximum atomic E-state index is 5.39. The third-order valence-corrected chi connectivity index (χ3v) is 4.94. The maximum Gasteiger partial charge on any atom is 0.191 e. The van der Waals surface area contributed by atoms with E-state index in [-0.39, 0.29) is 0 Å². The van der Waals surface area contributed by atoms with Gasteiger partial charge in [-0.1, -0.05) is 44.2 Å². The number of nitrogens with one attached hydrogen (secondary N) is 2. The molecule has 5 nitrogen and oxygen atoms in total. The van der Waals surface area contributed by atoms with Crippen molar-refractivity contribution < 1.29 is 4.42 Å². The molecule has 2 N–H and O–H groups in total. The van der Waals surface area contributed by atoms with Gasteiger partial charge in [-0.05, 0) is 23.6 Å². The molecule has 2 aromatic heterocycles. The van der Waals surface area contributed by atoms with Crippen LogP contribution in [0.15, 0.2) is 63.5 Å². The third kappa shape index (κ3) is 6.25. The van der Waals surface area contributed by atoms with Crippen LogP contribution in [0.4, 0.5) is 0 Å². The summed E-state index contributed by atoms with van der Waals surface area (Å²) in [5.41, 5.74) is 2.33. The number of guanidine groups is 1. The van der Waals surface area contributed by atoms with Gasteiger partial charge in [0.15, 0.2) is 5.96 Å². The first-order chi connectivity index (χ1) is 13.2. The number of nitrogens with zero attached hydrogens (tertiary/aromatic N) is 2. The highest BCUT2D eigenvalue weighted by Gasteiger charge is 2.07. The molecule has 6 heteroatoms. The minimum absolute atomic E-state index is 0.452. The normalized spacial score (nSPS) is 11.7. The van der Waals surface area contributed by atoms with E-state index in [1.807, 2.05) is 30.3 Å². The Labute approximate surface area is 164 Å². The number of aliphatic imine (C=N–C) groups is 1. The standard InChI is InChI=1S/C21H26N4OS/c1-16(2)19-15-27-20(25-19)14-24-21(22-11-10-18-9-6-12-26-18)23-13-17-7-4-3-5-8-17/h3-9,12,15-16H,10-11,13-14H2,1-2H3,(H2,22,23,24). The number of thiazole rings is 1. The average molecular weight is 383 g/mol. The summed E-state index contributed by atoms with van der Waals surface area (Å²) in [6.07, 6.45) is 2.51. The van der Waals surface area contributed by atoms with Crippen LogP contribution in [0.3, 0.4) is 0 Å². The van der Waals surface area contributed by atoms with E-state index >= 15 is 0 Å². The van der Waals surface area contributed by atoms with Gasteiger partial charge in [0, 0.05) is 18.3 Å². The summed E-state index contributed by atoms with van der Waals surface area (Å²) < 4.78 is 5.39. The molecule has 3 aromatic rings. The second-order valence-electron chi connectivity index (χ2n) is 6.58. The van der Waals surface area contributed by atoms with Gasteiger partial charge in [-0.25, -0.2) is 9.98 Å². The Kier molecular flexibility index (Phi) is 7.04. The molecular weight excluding hydrogens is 356 g/mol. The van der Waals surface area contributed by atoms with Gasteiger partial charge in [0.25, 0.3) is 0 Å². The summed E-state index contributed by atoms with van der Waals surface area (Å²) in [5, 5.41) is 9.98. The summed E-state index contributed by atoms with van der Waals surface area (Å²) >= 11 is 1.68. The molecule has 0 amide bonds. The Hall–Kier alpha value is -2.60. The van der Waals surface area contributed by atoms with Crippen LogP contribution in [-0.4, -0.2) is 17.5 Å². The van der Waals surface area contributed by atoms with E-state index in [1.165, 1.54) is 5.56 Å². The second-order valence-corrected chi connectivity index (χ2v) is 7.52. The Morgan fingerprint density at radius 3 is 2.70 bits per heavy atom. The van der Waals surface area contributed by atoms with Crippen LogP contribution in [0.1, 0.15) is 41.8 Å². The fourth-order valence-corrected chi connectivity index (χ4v) is 3.41. The number of aromatic nitrogens is 1. The van der Waals surface area contributed by atoms with Crippen molar-refractivity contribution >= 4 is 17.3 Å². The number of furan rings is 1. The van der Waals surface area contributed by atoms with Crippen LogP contribution < -0.4 is 10.6 Å². The Morgan fingerprint density at radius 2 is 2.00 bits per heavy atom. The minimum atomic E-state index is 0.452.